The zero-order valence-electron chi connectivity index (χ0n) is 11.0. The molecule has 5 heteroatoms. The summed E-state index contributed by atoms with van der Waals surface area (Å²) in [5.41, 5.74) is 3.12. The Hall–Kier alpha value is -2.40. The van der Waals surface area contributed by atoms with Gasteiger partial charge in [-0.3, -0.25) is 9.78 Å². The SMILES string of the molecule is O=CNc1cccc(NCCc2ccccn2)c1CO. The predicted molar refractivity (Wildman–Crippen MR) is 78.5 cm³/mol. The molecule has 5 nitrogen and oxygen atoms in total. The Balaban J connectivity index is 2.02. The normalized spacial score (nSPS) is 10.1. The van der Waals surface area contributed by atoms with Crippen LogP contribution in [0.15, 0.2) is 42.6 Å². The lowest BCUT2D eigenvalue weighted by Gasteiger charge is -2.13. The number of carbonyl (C=O) groups excluding carboxylic acids is 1. The highest BCUT2D eigenvalue weighted by Crippen LogP contribution is 2.24. The van der Waals surface area contributed by atoms with Gasteiger partial charge in [-0.15, -0.1) is 0 Å². The minimum atomic E-state index is -0.136. The molecule has 0 fully saturated rings. The Morgan fingerprint density at radius 1 is 1.15 bits per heavy atom. The van der Waals surface area contributed by atoms with Gasteiger partial charge in [-0.2, -0.15) is 0 Å². The monoisotopic (exact) mass is 271 g/mol. The molecule has 3 N–H and O–H groups in total. The van der Waals surface area contributed by atoms with Crippen LogP contribution in [0.4, 0.5) is 11.4 Å². The highest BCUT2D eigenvalue weighted by Gasteiger charge is 2.06. The number of aliphatic hydroxyl groups excluding tert-OH is 1. The van der Waals surface area contributed by atoms with E-state index < -0.39 is 0 Å². The van der Waals surface area contributed by atoms with Gasteiger partial charge in [0, 0.05) is 41.8 Å². The van der Waals surface area contributed by atoms with Gasteiger partial charge in [0.15, 0.2) is 0 Å². The van der Waals surface area contributed by atoms with E-state index in [1.165, 1.54) is 0 Å². The van der Waals surface area contributed by atoms with E-state index in [1.807, 2.05) is 30.3 Å². The van der Waals surface area contributed by atoms with E-state index in [-0.39, 0.29) is 6.61 Å². The minimum absolute atomic E-state index is 0.136. The third-order valence-corrected chi connectivity index (χ3v) is 2.97. The van der Waals surface area contributed by atoms with Crippen LogP contribution in [0.25, 0.3) is 0 Å². The van der Waals surface area contributed by atoms with Crippen molar-refractivity contribution < 1.29 is 9.90 Å². The summed E-state index contributed by atoms with van der Waals surface area (Å²) in [6, 6.07) is 11.3. The van der Waals surface area contributed by atoms with Crippen LogP contribution in [0.3, 0.4) is 0 Å². The number of rotatable bonds is 7. The summed E-state index contributed by atoms with van der Waals surface area (Å²) in [5.74, 6) is 0. The number of hydrogen-bond acceptors (Lipinski definition) is 4. The van der Waals surface area contributed by atoms with Gasteiger partial charge in [-0.05, 0) is 24.3 Å². The first-order valence-electron chi connectivity index (χ1n) is 6.42. The number of amides is 1. The van der Waals surface area contributed by atoms with Crippen molar-refractivity contribution in [3.63, 3.8) is 0 Å². The predicted octanol–water partition coefficient (Wildman–Crippen LogP) is 1.80. The summed E-state index contributed by atoms with van der Waals surface area (Å²) < 4.78 is 0. The topological polar surface area (TPSA) is 74.2 Å². The molecule has 1 heterocycles. The number of aliphatic hydroxyl groups is 1. The van der Waals surface area contributed by atoms with Crippen molar-refractivity contribution in [2.75, 3.05) is 17.2 Å². The second kappa shape index (κ2) is 7.25. The molecule has 1 aromatic heterocycles. The van der Waals surface area contributed by atoms with E-state index in [9.17, 15) is 9.90 Å². The third-order valence-electron chi connectivity index (χ3n) is 2.97. The smallest absolute Gasteiger partial charge is 0.211 e. The molecule has 0 aliphatic rings. The third kappa shape index (κ3) is 3.55. The summed E-state index contributed by atoms with van der Waals surface area (Å²) >= 11 is 0. The van der Waals surface area contributed by atoms with Crippen LogP contribution in [0.2, 0.25) is 0 Å². The van der Waals surface area contributed by atoms with Crippen LogP contribution in [0, 0.1) is 0 Å². The Kier molecular flexibility index (Phi) is 5.08. The lowest BCUT2D eigenvalue weighted by Crippen LogP contribution is -2.09. The Morgan fingerprint density at radius 3 is 2.70 bits per heavy atom. The van der Waals surface area contributed by atoms with E-state index in [2.05, 4.69) is 15.6 Å². The van der Waals surface area contributed by atoms with E-state index >= 15 is 0 Å². The maximum absolute atomic E-state index is 10.5. The molecule has 0 radical (unpaired) electrons. The fourth-order valence-electron chi connectivity index (χ4n) is 1.99. The molecule has 0 aliphatic heterocycles. The number of benzene rings is 1. The highest BCUT2D eigenvalue weighted by molar-refractivity contribution is 5.77. The Bertz CT molecular complexity index is 558. The second-order valence-electron chi connectivity index (χ2n) is 4.25. The second-order valence-corrected chi connectivity index (χ2v) is 4.25. The van der Waals surface area contributed by atoms with Gasteiger partial charge in [0.1, 0.15) is 0 Å². The van der Waals surface area contributed by atoms with Crippen molar-refractivity contribution in [1.82, 2.24) is 4.98 Å². The van der Waals surface area contributed by atoms with Crippen molar-refractivity contribution in [2.45, 2.75) is 13.0 Å². The number of aromatic nitrogens is 1. The van der Waals surface area contributed by atoms with Crippen molar-refractivity contribution in [3.8, 4) is 0 Å². The number of hydrogen-bond donors (Lipinski definition) is 3. The molecule has 0 saturated heterocycles. The van der Waals surface area contributed by atoms with Crippen LogP contribution >= 0.6 is 0 Å². The quantitative estimate of drug-likeness (QED) is 0.671. The van der Waals surface area contributed by atoms with Crippen LogP contribution in [0.5, 0.6) is 0 Å². The molecule has 0 unspecified atom stereocenters. The largest absolute Gasteiger partial charge is 0.392 e. The number of nitrogens with zero attached hydrogens (tertiary/aromatic N) is 1. The first-order chi connectivity index (χ1) is 9.85. The fraction of sp³-hybridized carbons (Fsp3) is 0.200. The average Bonchev–Trinajstić information content (AvgIpc) is 2.49. The molecule has 0 bridgehead atoms. The average molecular weight is 271 g/mol. The Morgan fingerprint density at radius 2 is 2.00 bits per heavy atom. The molecule has 1 amide bonds. The van der Waals surface area contributed by atoms with Gasteiger partial charge in [0.05, 0.1) is 6.61 Å². The highest BCUT2D eigenvalue weighted by atomic mass is 16.3. The number of carbonyl (C=O) groups is 1. The molecule has 0 spiro atoms. The van der Waals surface area contributed by atoms with Gasteiger partial charge >= 0.3 is 0 Å². The molecule has 104 valence electrons. The summed E-state index contributed by atoms with van der Waals surface area (Å²) in [5, 5.41) is 15.3. The van der Waals surface area contributed by atoms with Crippen molar-refractivity contribution >= 4 is 17.8 Å². The molecule has 0 saturated carbocycles. The van der Waals surface area contributed by atoms with Crippen LogP contribution < -0.4 is 10.6 Å². The minimum Gasteiger partial charge on any atom is -0.392 e. The van der Waals surface area contributed by atoms with Crippen molar-refractivity contribution in [2.24, 2.45) is 0 Å². The molecule has 20 heavy (non-hydrogen) atoms. The van der Waals surface area contributed by atoms with Crippen molar-refractivity contribution in [1.29, 1.82) is 0 Å². The number of pyridine rings is 1. The maximum atomic E-state index is 10.5. The van der Waals surface area contributed by atoms with Crippen molar-refractivity contribution in [3.05, 3.63) is 53.9 Å². The zero-order valence-corrected chi connectivity index (χ0v) is 11.0. The number of anilines is 2. The first kappa shape index (κ1) is 14.0. The van der Waals surface area contributed by atoms with Gasteiger partial charge < -0.3 is 15.7 Å². The lowest BCUT2D eigenvalue weighted by molar-refractivity contribution is -0.105. The molecule has 0 atom stereocenters. The fourth-order valence-corrected chi connectivity index (χ4v) is 1.99. The summed E-state index contributed by atoms with van der Waals surface area (Å²) in [6.45, 7) is 0.567. The molecule has 1 aromatic carbocycles. The lowest BCUT2D eigenvalue weighted by atomic mass is 10.1. The van der Waals surface area contributed by atoms with Crippen LogP contribution in [-0.4, -0.2) is 23.0 Å². The van der Waals surface area contributed by atoms with E-state index in [0.717, 1.165) is 17.8 Å². The summed E-state index contributed by atoms with van der Waals surface area (Å²) in [4.78, 5) is 14.8. The number of nitrogens with one attached hydrogen (secondary N) is 2. The van der Waals surface area contributed by atoms with Gasteiger partial charge in [0.25, 0.3) is 0 Å². The summed E-state index contributed by atoms with van der Waals surface area (Å²) in [6.07, 6.45) is 3.16. The van der Waals surface area contributed by atoms with Gasteiger partial charge in [-0.25, -0.2) is 0 Å². The van der Waals surface area contributed by atoms with E-state index in [0.29, 0.717) is 24.2 Å². The van der Waals surface area contributed by atoms with E-state index in [4.69, 9.17) is 0 Å². The van der Waals surface area contributed by atoms with Crippen LogP contribution in [-0.2, 0) is 17.8 Å². The Labute approximate surface area is 117 Å². The molecule has 2 rings (SSSR count). The first-order valence-corrected chi connectivity index (χ1v) is 6.42. The van der Waals surface area contributed by atoms with Crippen LogP contribution in [0.1, 0.15) is 11.3 Å². The standard InChI is InChI=1S/C15H17N3O2/c19-10-13-14(5-3-6-15(13)18-11-20)17-9-7-12-4-1-2-8-16-12/h1-6,8,11,17,19H,7,9-10H2,(H,18,20). The molecule has 2 aromatic rings. The zero-order chi connectivity index (χ0) is 14.2. The summed E-state index contributed by atoms with van der Waals surface area (Å²) in [7, 11) is 0. The maximum Gasteiger partial charge on any atom is 0.211 e. The molecule has 0 aliphatic carbocycles. The van der Waals surface area contributed by atoms with Gasteiger partial charge in [-0.1, -0.05) is 12.1 Å². The molecular weight excluding hydrogens is 254 g/mol. The van der Waals surface area contributed by atoms with Gasteiger partial charge in [0.2, 0.25) is 6.41 Å². The van der Waals surface area contributed by atoms with E-state index in [1.54, 1.807) is 12.3 Å². The molecular formula is C15H17N3O2.